The van der Waals surface area contributed by atoms with Crippen molar-refractivity contribution >= 4 is 28.4 Å². The van der Waals surface area contributed by atoms with Gasteiger partial charge in [0.25, 0.3) is 0 Å². The van der Waals surface area contributed by atoms with Gasteiger partial charge in [0.15, 0.2) is 0 Å². The lowest BCUT2D eigenvalue weighted by atomic mass is 10.2. The van der Waals surface area contributed by atoms with Gasteiger partial charge in [0.05, 0.1) is 24.5 Å². The van der Waals surface area contributed by atoms with Gasteiger partial charge in [0.1, 0.15) is 17.0 Å². The Hall–Kier alpha value is -2.52. The second-order valence-electron chi connectivity index (χ2n) is 6.39. The third-order valence-corrected chi connectivity index (χ3v) is 5.47. The minimum Gasteiger partial charge on any atom is -1.00 e. The van der Waals surface area contributed by atoms with Crippen molar-refractivity contribution in [3.05, 3.63) is 42.4 Å². The zero-order valence-electron chi connectivity index (χ0n) is 15.1. The highest BCUT2D eigenvalue weighted by atomic mass is 35.5. The third kappa shape index (κ3) is 3.06. The second-order valence-corrected chi connectivity index (χ2v) is 7.20. The van der Waals surface area contributed by atoms with E-state index in [1.807, 2.05) is 29.2 Å². The molecule has 1 atom stereocenters. The van der Waals surface area contributed by atoms with E-state index in [1.54, 1.807) is 17.3 Å². The molecule has 0 spiro atoms. The smallest absolute Gasteiger partial charge is 1.00 e. The topological polar surface area (TPSA) is 67.2 Å². The minimum absolute atomic E-state index is 0. The zero-order valence-corrected chi connectivity index (χ0v) is 15.7. The van der Waals surface area contributed by atoms with E-state index in [2.05, 4.69) is 14.5 Å². The summed E-state index contributed by atoms with van der Waals surface area (Å²) in [5.74, 6) is 0.771. The Morgan fingerprint density at radius 1 is 1.30 bits per heavy atom. The first kappa shape index (κ1) is 17.9. The first-order chi connectivity index (χ1) is 12.7. The van der Waals surface area contributed by atoms with Gasteiger partial charge in [-0.15, -0.1) is 0 Å². The molecule has 0 unspecified atom stereocenters. The predicted molar refractivity (Wildman–Crippen MR) is 97.4 cm³/mol. The lowest BCUT2D eigenvalue weighted by Crippen LogP contribution is -3.00. The quantitative estimate of drug-likeness (QED) is 0.615. The molecule has 0 bridgehead atoms. The second kappa shape index (κ2) is 6.90. The Morgan fingerprint density at radius 2 is 2.19 bits per heavy atom. The van der Waals surface area contributed by atoms with Crippen LogP contribution in [0.2, 0.25) is 0 Å². The van der Waals surface area contributed by atoms with Gasteiger partial charge in [-0.1, -0.05) is 0 Å². The fraction of sp³-hybridized carbons (Fsp3) is 0.294. The number of aromatic nitrogens is 4. The summed E-state index contributed by atoms with van der Waals surface area (Å²) < 4.78 is 18.8. The molecule has 0 saturated carbocycles. The van der Waals surface area contributed by atoms with Crippen LogP contribution < -0.4 is 22.2 Å². The number of carbonyl (C=O) groups is 1. The summed E-state index contributed by atoms with van der Waals surface area (Å²) in [6.07, 6.45) is 3.18. The molecule has 1 saturated heterocycles. The zero-order chi connectivity index (χ0) is 17.7. The van der Waals surface area contributed by atoms with Crippen LogP contribution in [0.15, 0.2) is 36.7 Å². The van der Waals surface area contributed by atoms with E-state index >= 15 is 0 Å². The number of pyridine rings is 1. The van der Waals surface area contributed by atoms with E-state index in [0.29, 0.717) is 31.7 Å². The number of rotatable bonds is 3. The molecule has 0 N–H and O–H groups in total. The number of amides is 1. The summed E-state index contributed by atoms with van der Waals surface area (Å²) in [6, 6.07) is 7.34. The first-order valence-corrected chi connectivity index (χ1v) is 9.13. The van der Waals surface area contributed by atoms with Gasteiger partial charge >= 0.3 is 7.46 Å². The van der Waals surface area contributed by atoms with Gasteiger partial charge in [-0.05, 0) is 42.2 Å². The molecule has 1 amide bonds. The van der Waals surface area contributed by atoms with Crippen LogP contribution >= 0.6 is 11.5 Å². The molecule has 2 aliphatic heterocycles. The average molecular weight is 407 g/mol. The van der Waals surface area contributed by atoms with Crippen molar-refractivity contribution in [1.29, 1.82) is 0 Å². The summed E-state index contributed by atoms with van der Waals surface area (Å²) in [7, 11) is 0. The number of hydrogen-bond acceptors (Lipinski definition) is 6. The fourth-order valence-electron chi connectivity index (χ4n) is 3.35. The van der Waals surface area contributed by atoms with Crippen molar-refractivity contribution < 1.29 is 23.0 Å². The normalized spacial score (nSPS) is 18.7. The summed E-state index contributed by atoms with van der Waals surface area (Å²) >= 11 is 1.28. The van der Waals surface area contributed by atoms with Crippen molar-refractivity contribution in [2.75, 3.05) is 22.9 Å². The molecule has 0 aliphatic carbocycles. The van der Waals surface area contributed by atoms with Crippen LogP contribution in [0, 0.1) is 0 Å². The summed E-state index contributed by atoms with van der Waals surface area (Å²) in [5.41, 5.74) is 2.38. The van der Waals surface area contributed by atoms with E-state index in [0.717, 1.165) is 22.1 Å². The Balaban J connectivity index is 0.00000112. The van der Waals surface area contributed by atoms with Crippen LogP contribution in [0.25, 0.3) is 11.3 Å². The Bertz CT molecular complexity index is 967. The number of nitrogens with zero attached hydrogens (tertiary/aromatic N) is 6. The maximum Gasteiger partial charge on any atom is 1.00 e. The summed E-state index contributed by atoms with van der Waals surface area (Å²) in [5, 5.41) is 5.25. The van der Waals surface area contributed by atoms with Crippen LogP contribution in [0.3, 0.4) is 0 Å². The number of halogens is 2. The molecule has 0 aromatic carbocycles. The predicted octanol–water partition coefficient (Wildman–Crippen LogP) is 0.0546. The number of carbonyl (C=O) groups excluding carboxylic acids is 1. The van der Waals surface area contributed by atoms with Gasteiger partial charge in [0, 0.05) is 24.5 Å². The molecular formula is C17H16ClFN6OS. The first-order valence-electron chi connectivity index (χ1n) is 8.36. The maximum absolute atomic E-state index is 13.3. The SMILES string of the molecule is O=C1N(c2ccns2)Cc2cc(-c3ccc(N4CC[C@@H](F)C4)nc3)nn21.[Cl-].[H+]. The van der Waals surface area contributed by atoms with Gasteiger partial charge in [-0.3, -0.25) is 4.90 Å². The standard InChI is InChI=1S/C17H15FN6OS.ClH/c18-12-4-6-22(9-12)15-2-1-11(8-19-15)14-7-13-10-23(16-3-5-20-26-16)17(25)24(13)21-14;/h1-3,5,7-8,12H,4,6,9-10H2;1H/t12-;/m1./s1. The van der Waals surface area contributed by atoms with Crippen molar-refractivity contribution in [3.8, 4) is 11.3 Å². The minimum atomic E-state index is -0.778. The maximum atomic E-state index is 13.3. The number of fused-ring (bicyclic) bond motifs is 1. The van der Waals surface area contributed by atoms with Crippen molar-refractivity contribution in [3.63, 3.8) is 0 Å². The molecule has 10 heteroatoms. The van der Waals surface area contributed by atoms with E-state index in [-0.39, 0.29) is 19.9 Å². The molecule has 5 rings (SSSR count). The number of anilines is 2. The highest BCUT2D eigenvalue weighted by molar-refractivity contribution is 7.10. The average Bonchev–Trinajstić information content (AvgIpc) is 3.41. The van der Waals surface area contributed by atoms with Crippen molar-refractivity contribution in [1.82, 2.24) is 19.1 Å². The lowest BCUT2D eigenvalue weighted by molar-refractivity contribution is -0.00000905. The van der Waals surface area contributed by atoms with Crippen molar-refractivity contribution in [2.45, 2.75) is 19.1 Å². The van der Waals surface area contributed by atoms with Crippen LogP contribution in [0.1, 0.15) is 13.5 Å². The van der Waals surface area contributed by atoms with Gasteiger partial charge in [0.2, 0.25) is 0 Å². The molecule has 3 aromatic rings. The molecular weight excluding hydrogens is 391 g/mol. The van der Waals surface area contributed by atoms with Gasteiger partial charge in [-0.2, -0.15) is 14.2 Å². The van der Waals surface area contributed by atoms with Crippen LogP contribution in [0.4, 0.5) is 20.0 Å². The van der Waals surface area contributed by atoms with E-state index in [1.165, 1.54) is 16.2 Å². The van der Waals surface area contributed by atoms with E-state index in [4.69, 9.17) is 0 Å². The molecule has 0 radical (unpaired) electrons. The summed E-state index contributed by atoms with van der Waals surface area (Å²) in [4.78, 5) is 20.6. The highest BCUT2D eigenvalue weighted by Gasteiger charge is 2.31. The van der Waals surface area contributed by atoms with Crippen molar-refractivity contribution in [2.24, 2.45) is 0 Å². The fourth-order valence-corrected chi connectivity index (χ4v) is 3.95. The van der Waals surface area contributed by atoms with Gasteiger partial charge in [-0.25, -0.2) is 14.2 Å². The van der Waals surface area contributed by atoms with Crippen LogP contribution in [0.5, 0.6) is 0 Å². The molecule has 2 aliphatic rings. The Labute approximate surface area is 166 Å². The largest absolute Gasteiger partial charge is 1.00 e. The lowest BCUT2D eigenvalue weighted by Gasteiger charge is -2.16. The molecule has 1 fully saturated rings. The highest BCUT2D eigenvalue weighted by Crippen LogP contribution is 2.30. The molecule has 3 aromatic heterocycles. The van der Waals surface area contributed by atoms with E-state index in [9.17, 15) is 9.18 Å². The Morgan fingerprint density at radius 3 is 2.81 bits per heavy atom. The van der Waals surface area contributed by atoms with Crippen LogP contribution in [-0.4, -0.2) is 44.4 Å². The van der Waals surface area contributed by atoms with Crippen LogP contribution in [-0.2, 0) is 6.54 Å². The molecule has 140 valence electrons. The van der Waals surface area contributed by atoms with Gasteiger partial charge < -0.3 is 17.3 Å². The molecule has 27 heavy (non-hydrogen) atoms. The Kier molecular flexibility index (Phi) is 4.56. The number of hydrogen-bond donors (Lipinski definition) is 0. The van der Waals surface area contributed by atoms with E-state index < -0.39 is 6.17 Å². The monoisotopic (exact) mass is 406 g/mol. The third-order valence-electron chi connectivity index (χ3n) is 4.70. The molecule has 5 heterocycles. The summed E-state index contributed by atoms with van der Waals surface area (Å²) in [6.45, 7) is 1.56. The molecule has 7 nitrogen and oxygen atoms in total. The number of alkyl halides is 1.